The molecule has 2 aromatic heterocycles. The van der Waals surface area contributed by atoms with Gasteiger partial charge in [0.05, 0.1) is 24.2 Å². The number of fused-ring (bicyclic) bond motifs is 1. The topological polar surface area (TPSA) is 93.2 Å². The van der Waals surface area contributed by atoms with Gasteiger partial charge in [0, 0.05) is 26.6 Å². The lowest BCUT2D eigenvalue weighted by Crippen LogP contribution is -2.49. The molecule has 3 aromatic rings. The highest BCUT2D eigenvalue weighted by Crippen LogP contribution is 2.26. The predicted octanol–water partition coefficient (Wildman–Crippen LogP) is 1.99. The van der Waals surface area contributed by atoms with Crippen molar-refractivity contribution in [2.75, 3.05) is 13.1 Å². The van der Waals surface area contributed by atoms with Crippen molar-refractivity contribution in [2.45, 2.75) is 51.2 Å². The third-order valence-corrected chi connectivity index (χ3v) is 6.45. The van der Waals surface area contributed by atoms with E-state index >= 15 is 0 Å². The second-order valence-corrected chi connectivity index (χ2v) is 8.70. The number of carbonyl (C=O) groups is 1. The smallest absolute Gasteiger partial charge is 0.281 e. The minimum Gasteiger partial charge on any atom is -0.388 e. The molecule has 1 amide bonds. The Morgan fingerprint density at radius 3 is 2.55 bits per heavy atom. The van der Waals surface area contributed by atoms with Crippen LogP contribution in [0.4, 0.5) is 0 Å². The summed E-state index contributed by atoms with van der Waals surface area (Å²) in [6.07, 6.45) is 2.77. The van der Waals surface area contributed by atoms with Crippen molar-refractivity contribution in [1.29, 1.82) is 0 Å². The van der Waals surface area contributed by atoms with Crippen LogP contribution in [0.2, 0.25) is 0 Å². The molecule has 164 valence electrons. The molecule has 1 aliphatic rings. The Bertz CT molecular complexity index is 1140. The fourth-order valence-corrected chi connectivity index (χ4v) is 4.26. The fourth-order valence-electron chi connectivity index (χ4n) is 4.26. The summed E-state index contributed by atoms with van der Waals surface area (Å²) in [6.45, 7) is 5.02. The van der Waals surface area contributed by atoms with Crippen molar-refractivity contribution < 1.29 is 9.90 Å². The van der Waals surface area contributed by atoms with E-state index in [4.69, 9.17) is 0 Å². The van der Waals surface area contributed by atoms with Gasteiger partial charge in [-0.1, -0.05) is 37.3 Å². The lowest BCUT2D eigenvalue weighted by molar-refractivity contribution is -0.136. The standard InChI is InChI=1S/C23H29N5O3/c1-16(18-7-5-4-6-8-18)13-19(29)27-11-9-23(31,10-12-27)14-28-15-24-20-17(2)26(3)25-21(20)22(28)30/h4-8,15-16,31H,9-14H2,1-3H3. The van der Waals surface area contributed by atoms with E-state index in [-0.39, 0.29) is 23.9 Å². The first-order chi connectivity index (χ1) is 14.8. The summed E-state index contributed by atoms with van der Waals surface area (Å²) < 4.78 is 3.07. The van der Waals surface area contributed by atoms with Crippen LogP contribution in [0.25, 0.3) is 11.0 Å². The number of aliphatic hydroxyl groups is 1. The maximum atomic E-state index is 12.8. The molecule has 1 fully saturated rings. The second kappa shape index (κ2) is 8.26. The molecule has 1 saturated heterocycles. The monoisotopic (exact) mass is 423 g/mol. The Labute approximate surface area is 181 Å². The lowest BCUT2D eigenvalue weighted by Gasteiger charge is -2.38. The molecule has 31 heavy (non-hydrogen) atoms. The van der Waals surface area contributed by atoms with Gasteiger partial charge >= 0.3 is 0 Å². The van der Waals surface area contributed by atoms with Gasteiger partial charge in [0.1, 0.15) is 5.52 Å². The van der Waals surface area contributed by atoms with Crippen molar-refractivity contribution in [3.63, 3.8) is 0 Å². The van der Waals surface area contributed by atoms with Crippen LogP contribution in [0.15, 0.2) is 41.5 Å². The van der Waals surface area contributed by atoms with Gasteiger partial charge in [-0.2, -0.15) is 5.10 Å². The zero-order valence-corrected chi connectivity index (χ0v) is 18.3. The molecule has 0 spiro atoms. The quantitative estimate of drug-likeness (QED) is 0.677. The van der Waals surface area contributed by atoms with E-state index in [1.165, 1.54) is 10.9 Å². The van der Waals surface area contributed by atoms with Crippen LogP contribution < -0.4 is 5.56 Å². The van der Waals surface area contributed by atoms with Crippen LogP contribution in [0.1, 0.15) is 43.4 Å². The van der Waals surface area contributed by atoms with Gasteiger partial charge < -0.3 is 10.0 Å². The summed E-state index contributed by atoms with van der Waals surface area (Å²) in [5.41, 5.74) is 1.57. The van der Waals surface area contributed by atoms with Gasteiger partial charge in [-0.3, -0.25) is 18.8 Å². The Hall–Kier alpha value is -3.00. The number of rotatable bonds is 5. The van der Waals surface area contributed by atoms with Crippen molar-refractivity contribution in [3.8, 4) is 0 Å². The van der Waals surface area contributed by atoms with E-state index in [1.807, 2.05) is 42.2 Å². The SMILES string of the molecule is Cc1c2ncn(CC3(O)CCN(C(=O)CC(C)c4ccccc4)CC3)c(=O)c2nn1C. The van der Waals surface area contributed by atoms with Crippen molar-refractivity contribution >= 4 is 16.9 Å². The molecule has 0 radical (unpaired) electrons. The molecule has 1 N–H and O–H groups in total. The van der Waals surface area contributed by atoms with Gasteiger partial charge in [-0.15, -0.1) is 0 Å². The average Bonchev–Trinajstić information content (AvgIpc) is 3.05. The van der Waals surface area contributed by atoms with Crippen molar-refractivity contribution in [2.24, 2.45) is 7.05 Å². The van der Waals surface area contributed by atoms with E-state index in [2.05, 4.69) is 17.0 Å². The summed E-state index contributed by atoms with van der Waals surface area (Å²) in [5.74, 6) is 0.246. The van der Waals surface area contributed by atoms with E-state index in [1.54, 1.807) is 11.7 Å². The number of benzene rings is 1. The average molecular weight is 424 g/mol. The van der Waals surface area contributed by atoms with Crippen LogP contribution in [-0.4, -0.2) is 53.9 Å². The molecule has 0 aliphatic carbocycles. The number of aryl methyl sites for hydroxylation is 2. The zero-order valence-electron chi connectivity index (χ0n) is 18.3. The Morgan fingerprint density at radius 2 is 1.87 bits per heavy atom. The minimum absolute atomic E-state index is 0.0996. The largest absolute Gasteiger partial charge is 0.388 e. The van der Waals surface area contributed by atoms with Gasteiger partial charge in [-0.25, -0.2) is 4.98 Å². The third kappa shape index (κ3) is 4.25. The van der Waals surface area contributed by atoms with Gasteiger partial charge in [-0.05, 0) is 31.2 Å². The molecular weight excluding hydrogens is 394 g/mol. The summed E-state index contributed by atoms with van der Waals surface area (Å²) in [5, 5.41) is 15.4. The van der Waals surface area contributed by atoms with Crippen LogP contribution in [0.5, 0.6) is 0 Å². The van der Waals surface area contributed by atoms with E-state index in [9.17, 15) is 14.7 Å². The van der Waals surface area contributed by atoms with Gasteiger partial charge in [0.15, 0.2) is 5.52 Å². The number of hydrogen-bond acceptors (Lipinski definition) is 5. The highest BCUT2D eigenvalue weighted by atomic mass is 16.3. The normalized spacial score (nSPS) is 17.1. The Morgan fingerprint density at radius 1 is 1.19 bits per heavy atom. The van der Waals surface area contributed by atoms with E-state index in [0.717, 1.165) is 11.3 Å². The first kappa shape index (κ1) is 21.2. The molecule has 0 saturated carbocycles. The number of piperidine rings is 1. The van der Waals surface area contributed by atoms with Gasteiger partial charge in [0.2, 0.25) is 5.91 Å². The van der Waals surface area contributed by atoms with Crippen molar-refractivity contribution in [3.05, 3.63) is 58.3 Å². The highest BCUT2D eigenvalue weighted by molar-refractivity contribution is 5.77. The number of carbonyl (C=O) groups excluding carboxylic acids is 1. The van der Waals surface area contributed by atoms with Crippen LogP contribution in [-0.2, 0) is 18.4 Å². The highest BCUT2D eigenvalue weighted by Gasteiger charge is 2.35. The molecule has 4 rings (SSSR count). The first-order valence-electron chi connectivity index (χ1n) is 10.7. The van der Waals surface area contributed by atoms with Crippen LogP contribution in [0, 0.1) is 6.92 Å². The molecule has 3 heterocycles. The molecule has 1 aliphatic heterocycles. The Kier molecular flexibility index (Phi) is 5.66. The molecular formula is C23H29N5O3. The van der Waals surface area contributed by atoms with E-state index < -0.39 is 5.60 Å². The number of amides is 1. The summed E-state index contributed by atoms with van der Waals surface area (Å²) in [4.78, 5) is 31.8. The fraction of sp³-hybridized carbons (Fsp3) is 0.478. The third-order valence-electron chi connectivity index (χ3n) is 6.45. The minimum atomic E-state index is -1.05. The first-order valence-corrected chi connectivity index (χ1v) is 10.7. The number of aromatic nitrogens is 4. The molecule has 8 nitrogen and oxygen atoms in total. The number of likely N-dealkylation sites (tertiary alicyclic amines) is 1. The lowest BCUT2D eigenvalue weighted by atomic mass is 9.90. The zero-order chi connectivity index (χ0) is 22.2. The number of nitrogens with zero attached hydrogens (tertiary/aromatic N) is 5. The molecule has 1 aromatic carbocycles. The predicted molar refractivity (Wildman–Crippen MR) is 118 cm³/mol. The maximum Gasteiger partial charge on any atom is 0.281 e. The molecule has 1 unspecified atom stereocenters. The summed E-state index contributed by atoms with van der Waals surface area (Å²) in [6, 6.07) is 10.0. The molecule has 8 heteroatoms. The van der Waals surface area contributed by atoms with E-state index in [0.29, 0.717) is 43.4 Å². The Balaban J connectivity index is 1.40. The van der Waals surface area contributed by atoms with Crippen molar-refractivity contribution in [1.82, 2.24) is 24.2 Å². The number of hydrogen-bond donors (Lipinski definition) is 1. The summed E-state index contributed by atoms with van der Waals surface area (Å²) in [7, 11) is 1.78. The van der Waals surface area contributed by atoms with Crippen LogP contribution >= 0.6 is 0 Å². The van der Waals surface area contributed by atoms with Gasteiger partial charge in [0.25, 0.3) is 5.56 Å². The van der Waals surface area contributed by atoms with Crippen LogP contribution in [0.3, 0.4) is 0 Å². The maximum absolute atomic E-state index is 12.8. The molecule has 0 bridgehead atoms. The summed E-state index contributed by atoms with van der Waals surface area (Å²) >= 11 is 0. The molecule has 1 atom stereocenters. The second-order valence-electron chi connectivity index (χ2n) is 8.70.